The zero-order valence-electron chi connectivity index (χ0n) is 17.1. The minimum absolute atomic E-state index is 0.00548. The Morgan fingerprint density at radius 3 is 2.57 bits per heavy atom. The van der Waals surface area contributed by atoms with Gasteiger partial charge in [0.25, 0.3) is 0 Å². The molecule has 7 nitrogen and oxygen atoms in total. The lowest BCUT2D eigenvalue weighted by atomic mass is 9.94. The molecule has 0 aromatic heterocycles. The van der Waals surface area contributed by atoms with E-state index in [0.717, 1.165) is 31.5 Å². The summed E-state index contributed by atoms with van der Waals surface area (Å²) in [7, 11) is 0. The Bertz CT molecular complexity index is 895. The molecule has 2 aromatic carbocycles. The summed E-state index contributed by atoms with van der Waals surface area (Å²) in [6.07, 6.45) is 1.50. The molecular formula is C23H27N3O4. The summed E-state index contributed by atoms with van der Waals surface area (Å²) in [6, 6.07) is 15.0. The van der Waals surface area contributed by atoms with Gasteiger partial charge in [-0.05, 0) is 50.6 Å². The Balaban J connectivity index is 1.24. The predicted molar refractivity (Wildman–Crippen MR) is 113 cm³/mol. The number of nitrogens with zero attached hydrogens (tertiary/aromatic N) is 1. The van der Waals surface area contributed by atoms with Crippen molar-refractivity contribution in [2.75, 3.05) is 25.2 Å². The lowest BCUT2D eigenvalue weighted by Gasteiger charge is -2.34. The van der Waals surface area contributed by atoms with Gasteiger partial charge < -0.3 is 20.1 Å². The lowest BCUT2D eigenvalue weighted by molar-refractivity contribution is -0.127. The molecule has 2 aliphatic rings. The SMILES string of the molecule is CC(C(=O)Nc1ccc2c(c1)OCO2)N1CCC(C(=O)NCc2ccccc2)CC1. The van der Waals surface area contributed by atoms with E-state index in [4.69, 9.17) is 9.47 Å². The van der Waals surface area contributed by atoms with Crippen molar-refractivity contribution in [1.82, 2.24) is 10.2 Å². The maximum atomic E-state index is 12.7. The maximum Gasteiger partial charge on any atom is 0.241 e. The molecule has 4 rings (SSSR count). The highest BCUT2D eigenvalue weighted by Gasteiger charge is 2.30. The Morgan fingerprint density at radius 2 is 1.80 bits per heavy atom. The summed E-state index contributed by atoms with van der Waals surface area (Å²) in [4.78, 5) is 27.3. The molecule has 0 radical (unpaired) electrons. The van der Waals surface area contributed by atoms with Gasteiger partial charge in [0.05, 0.1) is 6.04 Å². The Kier molecular flexibility index (Phi) is 6.18. The molecule has 7 heteroatoms. The van der Waals surface area contributed by atoms with E-state index in [1.54, 1.807) is 18.2 Å². The highest BCUT2D eigenvalue weighted by Crippen LogP contribution is 2.34. The second-order valence-electron chi connectivity index (χ2n) is 7.75. The van der Waals surface area contributed by atoms with E-state index in [1.807, 2.05) is 37.3 Å². The van der Waals surface area contributed by atoms with Crippen LogP contribution in [-0.2, 0) is 16.1 Å². The number of hydrogen-bond donors (Lipinski definition) is 2. The predicted octanol–water partition coefficient (Wildman–Crippen LogP) is 2.77. The molecule has 2 heterocycles. The molecule has 1 atom stereocenters. The van der Waals surface area contributed by atoms with Crippen LogP contribution < -0.4 is 20.1 Å². The van der Waals surface area contributed by atoms with Gasteiger partial charge in [-0.15, -0.1) is 0 Å². The Morgan fingerprint density at radius 1 is 1.07 bits per heavy atom. The van der Waals surface area contributed by atoms with Crippen LogP contribution in [-0.4, -0.2) is 42.6 Å². The number of fused-ring (bicyclic) bond motifs is 1. The quantitative estimate of drug-likeness (QED) is 0.767. The first kappa shape index (κ1) is 20.2. The number of nitrogens with one attached hydrogen (secondary N) is 2. The maximum absolute atomic E-state index is 12.7. The van der Waals surface area contributed by atoms with Crippen LogP contribution in [0.15, 0.2) is 48.5 Å². The summed E-state index contributed by atoms with van der Waals surface area (Å²) in [6.45, 7) is 4.10. The van der Waals surface area contributed by atoms with E-state index >= 15 is 0 Å². The van der Waals surface area contributed by atoms with Crippen molar-refractivity contribution in [2.24, 2.45) is 5.92 Å². The number of piperidine rings is 1. The van der Waals surface area contributed by atoms with Crippen molar-refractivity contribution in [3.05, 3.63) is 54.1 Å². The number of carbonyl (C=O) groups excluding carboxylic acids is 2. The number of rotatable bonds is 6. The number of benzene rings is 2. The molecule has 1 fully saturated rings. The Labute approximate surface area is 176 Å². The molecule has 2 aliphatic heterocycles. The molecule has 0 saturated carbocycles. The molecular weight excluding hydrogens is 382 g/mol. The second-order valence-corrected chi connectivity index (χ2v) is 7.75. The lowest BCUT2D eigenvalue weighted by Crippen LogP contribution is -2.48. The van der Waals surface area contributed by atoms with Gasteiger partial charge in [-0.2, -0.15) is 0 Å². The summed E-state index contributed by atoms with van der Waals surface area (Å²) in [5, 5.41) is 5.98. The summed E-state index contributed by atoms with van der Waals surface area (Å²) >= 11 is 0. The minimum Gasteiger partial charge on any atom is -0.454 e. The number of likely N-dealkylation sites (tertiary alicyclic amines) is 1. The summed E-state index contributed by atoms with van der Waals surface area (Å²) in [5.74, 6) is 1.35. The van der Waals surface area contributed by atoms with Crippen molar-refractivity contribution in [2.45, 2.75) is 32.4 Å². The van der Waals surface area contributed by atoms with E-state index in [9.17, 15) is 9.59 Å². The van der Waals surface area contributed by atoms with E-state index in [2.05, 4.69) is 15.5 Å². The van der Waals surface area contributed by atoms with Crippen LogP contribution in [0, 0.1) is 5.92 Å². The molecule has 1 saturated heterocycles. The third-order valence-corrected chi connectivity index (χ3v) is 5.78. The number of carbonyl (C=O) groups is 2. The number of anilines is 1. The molecule has 0 spiro atoms. The highest BCUT2D eigenvalue weighted by molar-refractivity contribution is 5.94. The minimum atomic E-state index is -0.274. The normalized spacial score (nSPS) is 17.4. The fourth-order valence-electron chi connectivity index (χ4n) is 3.87. The molecule has 2 amide bonds. The van der Waals surface area contributed by atoms with Gasteiger partial charge in [-0.25, -0.2) is 0 Å². The third kappa shape index (κ3) is 4.74. The van der Waals surface area contributed by atoms with Gasteiger partial charge in [-0.3, -0.25) is 14.5 Å². The molecule has 1 unspecified atom stereocenters. The molecule has 2 N–H and O–H groups in total. The smallest absolute Gasteiger partial charge is 0.241 e. The monoisotopic (exact) mass is 409 g/mol. The zero-order chi connectivity index (χ0) is 20.9. The van der Waals surface area contributed by atoms with Crippen molar-refractivity contribution in [1.29, 1.82) is 0 Å². The first-order valence-corrected chi connectivity index (χ1v) is 10.4. The summed E-state index contributed by atoms with van der Waals surface area (Å²) < 4.78 is 10.7. The van der Waals surface area contributed by atoms with Gasteiger partial charge in [0.2, 0.25) is 18.6 Å². The highest BCUT2D eigenvalue weighted by atomic mass is 16.7. The average molecular weight is 409 g/mol. The molecule has 2 aromatic rings. The van der Waals surface area contributed by atoms with E-state index < -0.39 is 0 Å². The van der Waals surface area contributed by atoms with E-state index in [0.29, 0.717) is 23.7 Å². The van der Waals surface area contributed by atoms with Gasteiger partial charge in [-0.1, -0.05) is 30.3 Å². The summed E-state index contributed by atoms with van der Waals surface area (Å²) in [5.41, 5.74) is 1.78. The van der Waals surface area contributed by atoms with Crippen LogP contribution in [0.2, 0.25) is 0 Å². The topological polar surface area (TPSA) is 79.9 Å². The van der Waals surface area contributed by atoms with Gasteiger partial charge in [0, 0.05) is 24.2 Å². The first-order chi connectivity index (χ1) is 14.6. The molecule has 0 aliphatic carbocycles. The molecule has 158 valence electrons. The second kappa shape index (κ2) is 9.17. The zero-order valence-corrected chi connectivity index (χ0v) is 17.1. The fourth-order valence-corrected chi connectivity index (χ4v) is 3.87. The van der Waals surface area contributed by atoms with Gasteiger partial charge >= 0.3 is 0 Å². The van der Waals surface area contributed by atoms with E-state index in [1.165, 1.54) is 0 Å². The van der Waals surface area contributed by atoms with Crippen LogP contribution in [0.5, 0.6) is 11.5 Å². The van der Waals surface area contributed by atoms with Gasteiger partial charge in [0.15, 0.2) is 11.5 Å². The van der Waals surface area contributed by atoms with E-state index in [-0.39, 0.29) is 30.6 Å². The van der Waals surface area contributed by atoms with Crippen molar-refractivity contribution in [3.63, 3.8) is 0 Å². The number of ether oxygens (including phenoxy) is 2. The fraction of sp³-hybridized carbons (Fsp3) is 0.391. The Hall–Kier alpha value is -3.06. The van der Waals surface area contributed by atoms with Crippen LogP contribution in [0.1, 0.15) is 25.3 Å². The van der Waals surface area contributed by atoms with Crippen LogP contribution >= 0.6 is 0 Å². The van der Waals surface area contributed by atoms with Gasteiger partial charge in [0.1, 0.15) is 0 Å². The molecule has 30 heavy (non-hydrogen) atoms. The number of amides is 2. The van der Waals surface area contributed by atoms with Crippen LogP contribution in [0.3, 0.4) is 0 Å². The van der Waals surface area contributed by atoms with Crippen molar-refractivity contribution < 1.29 is 19.1 Å². The van der Waals surface area contributed by atoms with Crippen molar-refractivity contribution >= 4 is 17.5 Å². The molecule has 0 bridgehead atoms. The third-order valence-electron chi connectivity index (χ3n) is 5.78. The number of hydrogen-bond acceptors (Lipinski definition) is 5. The first-order valence-electron chi connectivity index (χ1n) is 10.4. The standard InChI is InChI=1S/C23H27N3O4/c1-16(22(27)25-19-7-8-20-21(13-19)30-15-29-20)26-11-9-18(10-12-26)23(28)24-14-17-5-3-2-4-6-17/h2-8,13,16,18H,9-12,14-15H2,1H3,(H,24,28)(H,25,27). The van der Waals surface area contributed by atoms with Crippen LogP contribution in [0.4, 0.5) is 5.69 Å². The van der Waals surface area contributed by atoms with Crippen LogP contribution in [0.25, 0.3) is 0 Å². The average Bonchev–Trinajstić information content (AvgIpc) is 3.25. The van der Waals surface area contributed by atoms with Crippen molar-refractivity contribution in [3.8, 4) is 11.5 Å². The largest absolute Gasteiger partial charge is 0.454 e.